The van der Waals surface area contributed by atoms with Crippen LogP contribution >= 0.6 is 39.1 Å². The van der Waals surface area contributed by atoms with Crippen molar-refractivity contribution < 1.29 is 22.7 Å². The average molecular weight is 616 g/mol. The van der Waals surface area contributed by atoms with E-state index in [1.54, 1.807) is 18.2 Å². The van der Waals surface area contributed by atoms with Gasteiger partial charge < -0.3 is 15.5 Å². The Labute approximate surface area is 229 Å². The van der Waals surface area contributed by atoms with E-state index in [4.69, 9.17) is 27.9 Å². The second kappa shape index (κ2) is 11.3. The minimum absolute atomic E-state index is 0.112. The molecule has 37 heavy (non-hydrogen) atoms. The molecule has 3 aromatic rings. The number of hydrazone groups is 1. The average Bonchev–Trinajstić information content (AvgIpc) is 3.33. The van der Waals surface area contributed by atoms with Gasteiger partial charge in [-0.2, -0.15) is 18.3 Å². The van der Waals surface area contributed by atoms with Crippen LogP contribution in [-0.4, -0.2) is 22.7 Å². The lowest BCUT2D eigenvalue weighted by atomic mass is 9.95. The molecule has 2 aromatic carbocycles. The number of alkyl halides is 3. The van der Waals surface area contributed by atoms with Crippen molar-refractivity contribution in [2.45, 2.75) is 37.7 Å². The number of hydrogen-bond donors (Lipinski definition) is 2. The van der Waals surface area contributed by atoms with Crippen molar-refractivity contribution in [2.24, 2.45) is 5.10 Å². The SMILES string of the molecule is CC(Oc1ccc(C(F)(F)F)cn1)C(=O)NC(C1=NNC(c2ccc(Br)cc2)C1)c1ccc(Cl)cc1Cl. The third-order valence-corrected chi connectivity index (χ3v) is 6.76. The first-order valence-corrected chi connectivity index (χ1v) is 12.6. The van der Waals surface area contributed by atoms with Crippen molar-refractivity contribution in [1.29, 1.82) is 0 Å². The fourth-order valence-electron chi connectivity index (χ4n) is 3.72. The van der Waals surface area contributed by atoms with E-state index in [0.717, 1.165) is 22.2 Å². The minimum atomic E-state index is -4.52. The Morgan fingerprint density at radius 1 is 1.16 bits per heavy atom. The molecule has 0 saturated carbocycles. The molecule has 1 aromatic heterocycles. The molecule has 3 atom stereocenters. The number of carbonyl (C=O) groups excluding carboxylic acids is 1. The molecule has 12 heteroatoms. The molecule has 2 N–H and O–H groups in total. The molecular weight excluding hydrogens is 596 g/mol. The Bertz CT molecular complexity index is 1300. The Morgan fingerprint density at radius 3 is 2.51 bits per heavy atom. The maximum absolute atomic E-state index is 13.1. The zero-order valence-corrected chi connectivity index (χ0v) is 22.3. The number of rotatable bonds is 7. The summed E-state index contributed by atoms with van der Waals surface area (Å²) in [4.78, 5) is 16.7. The van der Waals surface area contributed by atoms with Gasteiger partial charge in [-0.25, -0.2) is 4.98 Å². The Hall–Kier alpha value is -2.82. The quantitative estimate of drug-likeness (QED) is 0.304. The van der Waals surface area contributed by atoms with Crippen LogP contribution in [0.15, 0.2) is 70.4 Å². The van der Waals surface area contributed by atoms with E-state index in [0.29, 0.717) is 33.9 Å². The van der Waals surface area contributed by atoms with Gasteiger partial charge in [-0.1, -0.05) is 57.3 Å². The minimum Gasteiger partial charge on any atom is -0.465 e. The first kappa shape index (κ1) is 27.2. The van der Waals surface area contributed by atoms with Gasteiger partial charge in [0.15, 0.2) is 6.10 Å². The highest BCUT2D eigenvalue weighted by molar-refractivity contribution is 9.10. The van der Waals surface area contributed by atoms with Gasteiger partial charge in [0.05, 0.1) is 23.4 Å². The van der Waals surface area contributed by atoms with E-state index in [1.165, 1.54) is 6.92 Å². The predicted octanol–water partition coefficient (Wildman–Crippen LogP) is 6.89. The van der Waals surface area contributed by atoms with Gasteiger partial charge in [-0.05, 0) is 48.4 Å². The molecule has 1 amide bonds. The molecule has 0 aliphatic carbocycles. The van der Waals surface area contributed by atoms with Crippen LogP contribution in [0.3, 0.4) is 0 Å². The molecule has 2 heterocycles. The Balaban J connectivity index is 1.51. The van der Waals surface area contributed by atoms with Gasteiger partial charge in [0.2, 0.25) is 5.88 Å². The van der Waals surface area contributed by atoms with Crippen LogP contribution in [0.5, 0.6) is 5.88 Å². The highest BCUT2D eigenvalue weighted by atomic mass is 79.9. The summed E-state index contributed by atoms with van der Waals surface area (Å²) in [6, 6.07) is 13.8. The van der Waals surface area contributed by atoms with Gasteiger partial charge in [0, 0.05) is 33.2 Å². The molecule has 0 saturated heterocycles. The summed E-state index contributed by atoms with van der Waals surface area (Å²) in [7, 11) is 0. The Kier molecular flexibility index (Phi) is 8.30. The summed E-state index contributed by atoms with van der Waals surface area (Å²) in [5.74, 6) is -0.653. The van der Waals surface area contributed by atoms with Crippen LogP contribution in [0.1, 0.15) is 42.1 Å². The van der Waals surface area contributed by atoms with Gasteiger partial charge in [0.1, 0.15) is 0 Å². The lowest BCUT2D eigenvalue weighted by molar-refractivity contribution is -0.138. The van der Waals surface area contributed by atoms with E-state index < -0.39 is 29.8 Å². The van der Waals surface area contributed by atoms with Crippen LogP contribution in [0.2, 0.25) is 10.0 Å². The maximum atomic E-state index is 13.1. The van der Waals surface area contributed by atoms with Crippen molar-refractivity contribution in [3.05, 3.63) is 92.0 Å². The standard InChI is InChI=1S/C25H20BrCl2F3N4O2/c1-13(37-22-9-4-15(12-32-22)25(29,30)31)24(36)33-23(18-8-7-17(27)10-19(18)28)21-11-20(34-35-21)14-2-5-16(26)6-3-14/h2-10,12-13,20,23,34H,11H2,1H3,(H,33,36). The van der Waals surface area contributed by atoms with Crippen molar-refractivity contribution in [3.63, 3.8) is 0 Å². The van der Waals surface area contributed by atoms with Crippen LogP contribution in [0, 0.1) is 0 Å². The van der Waals surface area contributed by atoms with E-state index in [1.807, 2.05) is 24.3 Å². The third kappa shape index (κ3) is 6.74. The van der Waals surface area contributed by atoms with Crippen molar-refractivity contribution >= 4 is 50.8 Å². The highest BCUT2D eigenvalue weighted by Gasteiger charge is 2.32. The van der Waals surface area contributed by atoms with Gasteiger partial charge in [-0.3, -0.25) is 4.79 Å². The van der Waals surface area contributed by atoms with Crippen LogP contribution < -0.4 is 15.5 Å². The zero-order valence-electron chi connectivity index (χ0n) is 19.2. The molecule has 0 bridgehead atoms. The Morgan fingerprint density at radius 2 is 1.89 bits per heavy atom. The largest absolute Gasteiger partial charge is 0.465 e. The number of nitrogens with zero attached hydrogens (tertiary/aromatic N) is 2. The second-order valence-electron chi connectivity index (χ2n) is 8.29. The number of benzene rings is 2. The van der Waals surface area contributed by atoms with Gasteiger partial charge in [-0.15, -0.1) is 0 Å². The topological polar surface area (TPSA) is 75.6 Å². The molecular formula is C25H20BrCl2F3N4O2. The maximum Gasteiger partial charge on any atom is 0.417 e. The summed E-state index contributed by atoms with van der Waals surface area (Å²) in [6.45, 7) is 1.47. The number of hydrogen-bond acceptors (Lipinski definition) is 5. The number of aromatic nitrogens is 1. The number of pyridine rings is 1. The molecule has 0 radical (unpaired) electrons. The van der Waals surface area contributed by atoms with E-state index in [-0.39, 0.29) is 11.9 Å². The number of nitrogens with one attached hydrogen (secondary N) is 2. The van der Waals surface area contributed by atoms with Crippen molar-refractivity contribution in [1.82, 2.24) is 15.7 Å². The number of ether oxygens (including phenoxy) is 1. The highest BCUT2D eigenvalue weighted by Crippen LogP contribution is 2.33. The third-order valence-electron chi connectivity index (χ3n) is 5.67. The second-order valence-corrected chi connectivity index (χ2v) is 10.1. The smallest absolute Gasteiger partial charge is 0.417 e. The van der Waals surface area contributed by atoms with Crippen molar-refractivity contribution in [3.8, 4) is 5.88 Å². The summed E-state index contributed by atoms with van der Waals surface area (Å²) in [5.41, 5.74) is 4.41. The number of amides is 1. The van der Waals surface area contributed by atoms with Crippen LogP contribution in [0.25, 0.3) is 0 Å². The zero-order chi connectivity index (χ0) is 26.7. The fourth-order valence-corrected chi connectivity index (χ4v) is 4.50. The fraction of sp³-hybridized carbons (Fsp3) is 0.240. The van der Waals surface area contributed by atoms with Gasteiger partial charge >= 0.3 is 6.18 Å². The molecule has 1 aliphatic heterocycles. The normalized spacial score (nSPS) is 16.9. The van der Waals surface area contributed by atoms with Gasteiger partial charge in [0.25, 0.3) is 5.91 Å². The molecule has 194 valence electrons. The van der Waals surface area contributed by atoms with E-state index in [9.17, 15) is 18.0 Å². The molecule has 0 fully saturated rings. The van der Waals surface area contributed by atoms with E-state index in [2.05, 4.69) is 36.8 Å². The molecule has 4 rings (SSSR count). The number of halogens is 6. The number of carbonyl (C=O) groups is 1. The molecule has 6 nitrogen and oxygen atoms in total. The van der Waals surface area contributed by atoms with E-state index >= 15 is 0 Å². The van der Waals surface area contributed by atoms with Crippen LogP contribution in [0.4, 0.5) is 13.2 Å². The molecule has 3 unspecified atom stereocenters. The lowest BCUT2D eigenvalue weighted by Gasteiger charge is -2.23. The first-order valence-electron chi connectivity index (χ1n) is 11.0. The molecule has 0 spiro atoms. The predicted molar refractivity (Wildman–Crippen MR) is 139 cm³/mol. The summed E-state index contributed by atoms with van der Waals surface area (Å²) >= 11 is 16.0. The first-order chi connectivity index (χ1) is 17.5. The summed E-state index contributed by atoms with van der Waals surface area (Å²) < 4.78 is 44.8. The van der Waals surface area contributed by atoms with Crippen LogP contribution in [-0.2, 0) is 11.0 Å². The molecule has 1 aliphatic rings. The van der Waals surface area contributed by atoms with Crippen molar-refractivity contribution in [2.75, 3.05) is 0 Å². The lowest BCUT2D eigenvalue weighted by Crippen LogP contribution is -2.41. The monoisotopic (exact) mass is 614 g/mol. The summed E-state index contributed by atoms with van der Waals surface area (Å²) in [5, 5.41) is 8.14. The summed E-state index contributed by atoms with van der Waals surface area (Å²) in [6.07, 6.45) is -4.46.